The Bertz CT molecular complexity index is 434. The Morgan fingerprint density at radius 1 is 1.60 bits per heavy atom. The molecule has 15 heavy (non-hydrogen) atoms. The first-order valence-electron chi connectivity index (χ1n) is 4.27. The fourth-order valence-electron chi connectivity index (χ4n) is 1.05. The minimum Gasteiger partial charge on any atom is -0.481 e. The van der Waals surface area contributed by atoms with Crippen molar-refractivity contribution < 1.29 is 9.90 Å². The van der Waals surface area contributed by atoms with Crippen molar-refractivity contribution in [1.82, 2.24) is 0 Å². The van der Waals surface area contributed by atoms with Gasteiger partial charge in [-0.1, -0.05) is 23.4 Å². The number of anilines is 1. The fourth-order valence-corrected chi connectivity index (χ4v) is 1.32. The van der Waals surface area contributed by atoms with E-state index in [1.54, 1.807) is 12.1 Å². The Labute approximate surface area is 92.9 Å². The van der Waals surface area contributed by atoms with Gasteiger partial charge in [0, 0.05) is 5.56 Å². The molecule has 0 spiro atoms. The monoisotopic (exact) mass is 223 g/mol. The molecule has 0 aromatic heterocycles. The molecule has 0 saturated heterocycles. The minimum atomic E-state index is -0.944. The van der Waals surface area contributed by atoms with Crippen LogP contribution in [0.25, 0.3) is 0 Å². The van der Waals surface area contributed by atoms with Crippen LogP contribution < -0.4 is 5.73 Å². The number of nitrogen functional groups attached to an aromatic ring is 1. The van der Waals surface area contributed by atoms with E-state index in [9.17, 15) is 4.79 Å². The molecule has 78 valence electrons. The molecule has 0 aliphatic heterocycles. The Morgan fingerprint density at radius 2 is 2.27 bits per heavy atom. The van der Waals surface area contributed by atoms with Gasteiger partial charge in [-0.2, -0.15) is 0 Å². The number of hydrogen-bond acceptors (Lipinski definition) is 2. The van der Waals surface area contributed by atoms with Gasteiger partial charge in [0.05, 0.1) is 10.7 Å². The lowest BCUT2D eigenvalue weighted by Gasteiger charge is -2.02. The summed E-state index contributed by atoms with van der Waals surface area (Å²) in [6.45, 7) is 1.82. The quantitative estimate of drug-likeness (QED) is 0.566. The smallest absolute Gasteiger partial charge is 0.315 e. The van der Waals surface area contributed by atoms with Gasteiger partial charge < -0.3 is 10.8 Å². The molecule has 3 N–H and O–H groups in total. The molecule has 3 nitrogen and oxygen atoms in total. The van der Waals surface area contributed by atoms with Crippen molar-refractivity contribution in [3.8, 4) is 11.8 Å². The van der Waals surface area contributed by atoms with Crippen molar-refractivity contribution in [3.05, 3.63) is 28.3 Å². The number of nitrogens with two attached hydrogens (primary N) is 1. The highest BCUT2D eigenvalue weighted by molar-refractivity contribution is 6.33. The summed E-state index contributed by atoms with van der Waals surface area (Å²) >= 11 is 5.85. The number of carboxylic acids is 1. The number of carbonyl (C=O) groups is 1. The van der Waals surface area contributed by atoms with Gasteiger partial charge in [-0.25, -0.2) is 0 Å². The maximum atomic E-state index is 10.2. The first-order chi connectivity index (χ1) is 7.00. The molecule has 0 fully saturated rings. The number of aliphatic carboxylic acids is 1. The van der Waals surface area contributed by atoms with Crippen LogP contribution in [-0.4, -0.2) is 11.1 Å². The third-order valence-electron chi connectivity index (χ3n) is 1.81. The van der Waals surface area contributed by atoms with Gasteiger partial charge in [0.1, 0.15) is 6.42 Å². The molecular weight excluding hydrogens is 214 g/mol. The molecule has 1 aromatic rings. The summed E-state index contributed by atoms with van der Waals surface area (Å²) in [6.07, 6.45) is -0.180. The summed E-state index contributed by atoms with van der Waals surface area (Å²) in [4.78, 5) is 10.2. The third kappa shape index (κ3) is 3.19. The predicted molar refractivity (Wildman–Crippen MR) is 59.7 cm³/mol. The van der Waals surface area contributed by atoms with Gasteiger partial charge in [0.25, 0.3) is 0 Å². The van der Waals surface area contributed by atoms with E-state index in [4.69, 9.17) is 22.4 Å². The summed E-state index contributed by atoms with van der Waals surface area (Å²) in [6, 6.07) is 3.40. The zero-order valence-corrected chi connectivity index (χ0v) is 8.93. The van der Waals surface area contributed by atoms with E-state index >= 15 is 0 Å². The third-order valence-corrected chi connectivity index (χ3v) is 2.12. The lowest BCUT2D eigenvalue weighted by Crippen LogP contribution is -1.92. The van der Waals surface area contributed by atoms with Crippen molar-refractivity contribution in [2.45, 2.75) is 13.3 Å². The van der Waals surface area contributed by atoms with E-state index in [0.29, 0.717) is 16.3 Å². The summed E-state index contributed by atoms with van der Waals surface area (Å²) in [7, 11) is 0. The van der Waals surface area contributed by atoms with E-state index in [1.807, 2.05) is 6.92 Å². The van der Waals surface area contributed by atoms with Gasteiger partial charge in [-0.05, 0) is 24.6 Å². The molecule has 0 heterocycles. The molecule has 0 atom stereocenters. The van der Waals surface area contributed by atoms with E-state index < -0.39 is 5.97 Å². The maximum Gasteiger partial charge on any atom is 0.315 e. The van der Waals surface area contributed by atoms with Gasteiger partial charge in [0.15, 0.2) is 0 Å². The molecular formula is C11H10ClNO2. The van der Waals surface area contributed by atoms with Crippen LogP contribution in [0.1, 0.15) is 17.5 Å². The number of aryl methyl sites for hydroxylation is 1. The van der Waals surface area contributed by atoms with Crippen LogP contribution in [0.5, 0.6) is 0 Å². The van der Waals surface area contributed by atoms with Crippen LogP contribution in [0.15, 0.2) is 12.1 Å². The predicted octanol–water partition coefficient (Wildman–Crippen LogP) is 2.06. The second-order valence-electron chi connectivity index (χ2n) is 3.06. The molecule has 0 aliphatic carbocycles. The van der Waals surface area contributed by atoms with Crippen LogP contribution in [-0.2, 0) is 4.79 Å². The SMILES string of the molecule is Cc1cc(C#CCC(=O)O)cc(Cl)c1N. The molecule has 4 heteroatoms. The van der Waals surface area contributed by atoms with Crippen molar-refractivity contribution in [3.63, 3.8) is 0 Å². The number of rotatable bonds is 1. The average Bonchev–Trinajstić information content (AvgIpc) is 2.13. The van der Waals surface area contributed by atoms with Crippen LogP contribution in [0.3, 0.4) is 0 Å². The summed E-state index contributed by atoms with van der Waals surface area (Å²) in [5, 5.41) is 8.84. The molecule has 0 bridgehead atoms. The molecule has 0 unspecified atom stereocenters. The number of halogens is 1. The van der Waals surface area contributed by atoms with Crippen LogP contribution in [0.4, 0.5) is 5.69 Å². The molecule has 0 radical (unpaired) electrons. The first kappa shape index (κ1) is 11.4. The highest BCUT2D eigenvalue weighted by Gasteiger charge is 2.01. The normalized spacial score (nSPS) is 9.20. The second-order valence-corrected chi connectivity index (χ2v) is 3.47. The Morgan fingerprint density at radius 3 is 2.80 bits per heavy atom. The largest absolute Gasteiger partial charge is 0.481 e. The maximum absolute atomic E-state index is 10.2. The van der Waals surface area contributed by atoms with Crippen molar-refractivity contribution >= 4 is 23.3 Å². The van der Waals surface area contributed by atoms with Crippen molar-refractivity contribution in [2.24, 2.45) is 0 Å². The minimum absolute atomic E-state index is 0.180. The summed E-state index contributed by atoms with van der Waals surface area (Å²) < 4.78 is 0. The highest BCUT2D eigenvalue weighted by atomic mass is 35.5. The number of carboxylic acid groups (broad SMARTS) is 1. The summed E-state index contributed by atoms with van der Waals surface area (Å²) in [5.41, 5.74) is 7.69. The van der Waals surface area contributed by atoms with E-state index in [2.05, 4.69) is 11.8 Å². The van der Waals surface area contributed by atoms with Gasteiger partial charge >= 0.3 is 5.97 Å². The molecule has 0 amide bonds. The van der Waals surface area contributed by atoms with Gasteiger partial charge in [0.2, 0.25) is 0 Å². The van der Waals surface area contributed by atoms with Crippen LogP contribution in [0, 0.1) is 18.8 Å². The molecule has 1 rings (SSSR count). The van der Waals surface area contributed by atoms with Gasteiger partial charge in [-0.15, -0.1) is 0 Å². The lowest BCUT2D eigenvalue weighted by atomic mass is 10.1. The van der Waals surface area contributed by atoms with Crippen LogP contribution >= 0.6 is 11.6 Å². The highest BCUT2D eigenvalue weighted by Crippen LogP contribution is 2.23. The first-order valence-corrected chi connectivity index (χ1v) is 4.65. The summed E-state index contributed by atoms with van der Waals surface area (Å²) in [5.74, 6) is 4.30. The van der Waals surface area contributed by atoms with E-state index in [0.717, 1.165) is 5.56 Å². The molecule has 0 saturated carbocycles. The standard InChI is InChI=1S/C11H10ClNO2/c1-7-5-8(3-2-4-10(14)15)6-9(12)11(7)13/h5-6H,4,13H2,1H3,(H,14,15). The fraction of sp³-hybridized carbons (Fsp3) is 0.182. The van der Waals surface area contributed by atoms with Crippen molar-refractivity contribution in [1.29, 1.82) is 0 Å². The Kier molecular flexibility index (Phi) is 3.59. The molecule has 0 aliphatic rings. The second kappa shape index (κ2) is 4.72. The van der Waals surface area contributed by atoms with E-state index in [1.165, 1.54) is 0 Å². The topological polar surface area (TPSA) is 63.3 Å². The number of benzene rings is 1. The average molecular weight is 224 g/mol. The van der Waals surface area contributed by atoms with Gasteiger partial charge in [-0.3, -0.25) is 4.79 Å². The van der Waals surface area contributed by atoms with E-state index in [-0.39, 0.29) is 6.42 Å². The lowest BCUT2D eigenvalue weighted by molar-refractivity contribution is -0.135. The van der Waals surface area contributed by atoms with Crippen LogP contribution in [0.2, 0.25) is 5.02 Å². The van der Waals surface area contributed by atoms with Crippen molar-refractivity contribution in [2.75, 3.05) is 5.73 Å². The zero-order valence-electron chi connectivity index (χ0n) is 8.17. The Hall–Kier alpha value is -1.66. The molecule has 1 aromatic carbocycles. The Balaban J connectivity index is 2.95. The number of hydrogen-bond donors (Lipinski definition) is 2. The zero-order chi connectivity index (χ0) is 11.4.